The molecule has 0 bridgehead atoms. The van der Waals surface area contributed by atoms with Gasteiger partial charge in [-0.25, -0.2) is 14.6 Å². The Labute approximate surface area is 173 Å². The zero-order valence-electron chi connectivity index (χ0n) is 16.5. The molecule has 0 aliphatic carbocycles. The van der Waals surface area contributed by atoms with Crippen molar-refractivity contribution in [3.63, 3.8) is 0 Å². The molecule has 0 radical (unpaired) electrons. The monoisotopic (exact) mass is 413 g/mol. The Morgan fingerprint density at radius 1 is 1.23 bits per heavy atom. The molecule has 2 heterocycles. The quantitative estimate of drug-likeness (QED) is 0.711. The molecule has 2 atom stereocenters. The number of aromatic nitrogens is 1. The zero-order valence-corrected chi connectivity index (χ0v) is 16.5. The lowest BCUT2D eigenvalue weighted by Gasteiger charge is -2.35. The number of methoxy groups -OCH3 is 1. The van der Waals surface area contributed by atoms with Crippen molar-refractivity contribution in [1.82, 2.24) is 15.2 Å². The molecule has 2 aromatic rings. The Kier molecular flexibility index (Phi) is 6.97. The van der Waals surface area contributed by atoms with Crippen LogP contribution in [0, 0.1) is 0 Å². The number of ether oxygens (including phenoxy) is 2. The predicted molar refractivity (Wildman–Crippen MR) is 106 cm³/mol. The van der Waals surface area contributed by atoms with Gasteiger partial charge in [-0.1, -0.05) is 30.3 Å². The Morgan fingerprint density at radius 2 is 2.00 bits per heavy atom. The number of rotatable bonds is 5. The number of benzene rings is 1. The molecule has 9 nitrogen and oxygen atoms in total. The summed E-state index contributed by atoms with van der Waals surface area (Å²) in [6.07, 6.45) is 0.235. The molecular formula is C21H23N3O6. The van der Waals surface area contributed by atoms with Crippen LogP contribution in [-0.4, -0.2) is 65.3 Å². The minimum absolute atomic E-state index is 0.0154. The smallest absolute Gasteiger partial charge is 0.410 e. The summed E-state index contributed by atoms with van der Waals surface area (Å²) in [5.74, 6) is -1.10. The number of likely N-dealkylation sites (tertiary alicyclic amines) is 1. The molecule has 0 saturated carbocycles. The molecule has 1 aromatic carbocycles. The zero-order chi connectivity index (χ0) is 21.5. The van der Waals surface area contributed by atoms with E-state index in [1.807, 2.05) is 30.3 Å². The summed E-state index contributed by atoms with van der Waals surface area (Å²) in [6.45, 7) is 0.527. The van der Waals surface area contributed by atoms with Gasteiger partial charge in [0.1, 0.15) is 12.3 Å². The lowest BCUT2D eigenvalue weighted by Crippen LogP contribution is -2.55. The number of hydrogen-bond donors (Lipinski definition) is 2. The number of hydrogen-bond acceptors (Lipinski definition) is 7. The van der Waals surface area contributed by atoms with Gasteiger partial charge in [-0.2, -0.15) is 0 Å². The summed E-state index contributed by atoms with van der Waals surface area (Å²) >= 11 is 0. The van der Waals surface area contributed by atoms with Gasteiger partial charge >= 0.3 is 12.1 Å². The SMILES string of the molecule is COC(=O)c1cc(C(=O)NC2CCN(C(=O)OCc3ccccc3)CC2O)ccn1. The predicted octanol–water partition coefficient (Wildman–Crippen LogP) is 1.37. The average Bonchev–Trinajstić information content (AvgIpc) is 2.78. The largest absolute Gasteiger partial charge is 0.464 e. The summed E-state index contributed by atoms with van der Waals surface area (Å²) in [5, 5.41) is 13.1. The van der Waals surface area contributed by atoms with Crippen LogP contribution in [0.1, 0.15) is 32.8 Å². The van der Waals surface area contributed by atoms with E-state index >= 15 is 0 Å². The molecule has 1 fully saturated rings. The third kappa shape index (κ3) is 5.32. The van der Waals surface area contributed by atoms with Crippen LogP contribution >= 0.6 is 0 Å². The maximum absolute atomic E-state index is 12.5. The van der Waals surface area contributed by atoms with E-state index in [1.54, 1.807) is 0 Å². The highest BCUT2D eigenvalue weighted by atomic mass is 16.6. The Bertz CT molecular complexity index is 905. The van der Waals surface area contributed by atoms with Gasteiger partial charge in [-0.15, -0.1) is 0 Å². The number of aliphatic hydroxyl groups excluding tert-OH is 1. The number of carbonyl (C=O) groups excluding carboxylic acids is 3. The third-order valence-electron chi connectivity index (χ3n) is 4.78. The van der Waals surface area contributed by atoms with Crippen molar-refractivity contribution in [1.29, 1.82) is 0 Å². The van der Waals surface area contributed by atoms with E-state index in [4.69, 9.17) is 4.74 Å². The van der Waals surface area contributed by atoms with Gasteiger partial charge in [-0.3, -0.25) is 4.79 Å². The van der Waals surface area contributed by atoms with E-state index in [2.05, 4.69) is 15.0 Å². The van der Waals surface area contributed by atoms with Crippen molar-refractivity contribution in [2.45, 2.75) is 25.2 Å². The molecule has 1 aliphatic rings. The summed E-state index contributed by atoms with van der Waals surface area (Å²) in [5.41, 5.74) is 1.11. The van der Waals surface area contributed by atoms with Crippen LogP contribution in [-0.2, 0) is 16.1 Å². The van der Waals surface area contributed by atoms with Gasteiger partial charge in [0.25, 0.3) is 5.91 Å². The van der Waals surface area contributed by atoms with E-state index in [0.717, 1.165) is 5.56 Å². The van der Waals surface area contributed by atoms with Crippen LogP contribution in [0.4, 0.5) is 4.79 Å². The third-order valence-corrected chi connectivity index (χ3v) is 4.78. The number of carbonyl (C=O) groups is 3. The van der Waals surface area contributed by atoms with Crippen molar-refractivity contribution in [2.75, 3.05) is 20.2 Å². The number of amides is 2. The number of piperidine rings is 1. The number of esters is 1. The molecule has 2 unspecified atom stereocenters. The van der Waals surface area contributed by atoms with Crippen molar-refractivity contribution in [3.05, 3.63) is 65.5 Å². The Morgan fingerprint density at radius 3 is 2.70 bits per heavy atom. The first-order chi connectivity index (χ1) is 14.5. The maximum Gasteiger partial charge on any atom is 0.410 e. The second-order valence-corrected chi connectivity index (χ2v) is 6.84. The van der Waals surface area contributed by atoms with E-state index in [1.165, 1.54) is 30.3 Å². The van der Waals surface area contributed by atoms with Gasteiger partial charge in [0.05, 0.1) is 25.8 Å². The normalized spacial score (nSPS) is 18.4. The minimum Gasteiger partial charge on any atom is -0.464 e. The number of nitrogens with zero attached hydrogens (tertiary/aromatic N) is 2. The van der Waals surface area contributed by atoms with Crippen molar-refractivity contribution < 1.29 is 29.0 Å². The number of β-amino-alcohol motifs (C(OH)–C–C–N with tert-alkyl or cyclic N) is 1. The molecule has 1 aromatic heterocycles. The molecule has 2 amide bonds. The summed E-state index contributed by atoms with van der Waals surface area (Å²) in [6, 6.07) is 11.6. The van der Waals surface area contributed by atoms with Gasteiger partial charge in [0.15, 0.2) is 0 Å². The van der Waals surface area contributed by atoms with Crippen LogP contribution in [0.25, 0.3) is 0 Å². The number of aliphatic hydroxyl groups is 1. The van der Waals surface area contributed by atoms with Crippen LogP contribution < -0.4 is 5.32 Å². The Balaban J connectivity index is 1.52. The molecule has 30 heavy (non-hydrogen) atoms. The summed E-state index contributed by atoms with van der Waals surface area (Å²) < 4.78 is 9.88. The standard InChI is InChI=1S/C21H23N3O6/c1-29-20(27)17-11-15(7-9-22-17)19(26)23-16-8-10-24(12-18(16)25)21(28)30-13-14-5-3-2-4-6-14/h2-7,9,11,16,18,25H,8,10,12-13H2,1H3,(H,23,26). The molecule has 1 aliphatic heterocycles. The molecule has 2 N–H and O–H groups in total. The van der Waals surface area contributed by atoms with Crippen LogP contribution in [0.3, 0.4) is 0 Å². The minimum atomic E-state index is -0.950. The molecule has 1 saturated heterocycles. The lowest BCUT2D eigenvalue weighted by atomic mass is 10.0. The molecule has 158 valence electrons. The van der Waals surface area contributed by atoms with Crippen molar-refractivity contribution in [2.24, 2.45) is 0 Å². The summed E-state index contributed by atoms with van der Waals surface area (Å²) in [4.78, 5) is 41.6. The van der Waals surface area contributed by atoms with Crippen LogP contribution in [0.5, 0.6) is 0 Å². The second kappa shape index (κ2) is 9.84. The first kappa shape index (κ1) is 21.3. The van der Waals surface area contributed by atoms with Crippen LogP contribution in [0.2, 0.25) is 0 Å². The molecule has 0 spiro atoms. The maximum atomic E-state index is 12.5. The topological polar surface area (TPSA) is 118 Å². The van der Waals surface area contributed by atoms with Gasteiger partial charge in [-0.05, 0) is 24.1 Å². The highest BCUT2D eigenvalue weighted by molar-refractivity contribution is 5.97. The molecule has 3 rings (SSSR count). The van der Waals surface area contributed by atoms with Gasteiger partial charge < -0.3 is 24.8 Å². The Hall–Kier alpha value is -3.46. The fourth-order valence-corrected chi connectivity index (χ4v) is 3.12. The molecular weight excluding hydrogens is 390 g/mol. The number of nitrogens with one attached hydrogen (secondary N) is 1. The van der Waals surface area contributed by atoms with E-state index < -0.39 is 30.1 Å². The summed E-state index contributed by atoms with van der Waals surface area (Å²) in [7, 11) is 1.23. The van der Waals surface area contributed by atoms with Crippen molar-refractivity contribution in [3.8, 4) is 0 Å². The van der Waals surface area contributed by atoms with Gasteiger partial charge in [0.2, 0.25) is 0 Å². The van der Waals surface area contributed by atoms with Crippen molar-refractivity contribution >= 4 is 18.0 Å². The van der Waals surface area contributed by atoms with Gasteiger partial charge in [0, 0.05) is 18.3 Å². The van der Waals surface area contributed by atoms with Crippen LogP contribution in [0.15, 0.2) is 48.7 Å². The lowest BCUT2D eigenvalue weighted by molar-refractivity contribution is 0.0269. The average molecular weight is 413 g/mol. The first-order valence-electron chi connectivity index (χ1n) is 9.47. The molecule has 9 heteroatoms. The van der Waals surface area contributed by atoms with E-state index in [0.29, 0.717) is 13.0 Å². The second-order valence-electron chi connectivity index (χ2n) is 6.84. The first-order valence-corrected chi connectivity index (χ1v) is 9.47. The fraction of sp³-hybridized carbons (Fsp3) is 0.333. The van der Waals surface area contributed by atoms with E-state index in [9.17, 15) is 19.5 Å². The fourth-order valence-electron chi connectivity index (χ4n) is 3.12. The number of pyridine rings is 1. The van der Waals surface area contributed by atoms with E-state index in [-0.39, 0.29) is 24.4 Å². The highest BCUT2D eigenvalue weighted by Gasteiger charge is 2.32. The highest BCUT2D eigenvalue weighted by Crippen LogP contribution is 2.14.